The van der Waals surface area contributed by atoms with E-state index < -0.39 is 15.9 Å². The van der Waals surface area contributed by atoms with Crippen molar-refractivity contribution in [2.45, 2.75) is 5.75 Å². The second-order valence-electron chi connectivity index (χ2n) is 2.29. The van der Waals surface area contributed by atoms with Gasteiger partial charge < -0.3 is 4.55 Å². The van der Waals surface area contributed by atoms with Gasteiger partial charge >= 0.3 is 0 Å². The topological polar surface area (TPSA) is 57.2 Å². The molecule has 0 aromatic heterocycles. The molecule has 0 heterocycles. The van der Waals surface area contributed by atoms with Crippen LogP contribution >= 0.6 is 22.6 Å². The van der Waals surface area contributed by atoms with E-state index in [1.165, 1.54) is 0 Å². The van der Waals surface area contributed by atoms with E-state index in [4.69, 9.17) is 0 Å². The lowest BCUT2D eigenvalue weighted by molar-refractivity contribution is 0.462. The van der Waals surface area contributed by atoms with Crippen LogP contribution in [0.5, 0.6) is 0 Å². The smallest absolute Gasteiger partial charge is 0.0988 e. The van der Waals surface area contributed by atoms with E-state index in [2.05, 4.69) is 0 Å². The summed E-state index contributed by atoms with van der Waals surface area (Å²) in [6, 6.07) is 6.91. The minimum atomic E-state index is -4.15. The van der Waals surface area contributed by atoms with Crippen LogP contribution in [0.3, 0.4) is 0 Å². The lowest BCUT2D eigenvalue weighted by Gasteiger charge is -2.07. The summed E-state index contributed by atoms with van der Waals surface area (Å²) in [6.07, 6.45) is 0. The Morgan fingerprint density at radius 1 is 1.33 bits per heavy atom. The van der Waals surface area contributed by atoms with Gasteiger partial charge in [-0.05, 0) is 34.2 Å². The standard InChI is InChI=1S/C7H7IO3S/c8-7-4-2-1-3-6(7)5-12(9,10)11/h1-4H,5H2,(H,9,10,11)/p-1. The predicted molar refractivity (Wildman–Crippen MR) is 52.6 cm³/mol. The quantitative estimate of drug-likeness (QED) is 0.611. The Morgan fingerprint density at radius 2 is 1.92 bits per heavy atom. The zero-order chi connectivity index (χ0) is 9.19. The molecule has 0 saturated carbocycles. The van der Waals surface area contributed by atoms with Crippen LogP contribution in [-0.2, 0) is 15.9 Å². The average molecular weight is 297 g/mol. The van der Waals surface area contributed by atoms with Gasteiger partial charge in [0.2, 0.25) is 0 Å². The van der Waals surface area contributed by atoms with Crippen LogP contribution in [0.4, 0.5) is 0 Å². The monoisotopic (exact) mass is 297 g/mol. The first kappa shape index (κ1) is 9.94. The van der Waals surface area contributed by atoms with Gasteiger partial charge in [-0.25, -0.2) is 8.42 Å². The maximum Gasteiger partial charge on any atom is 0.0988 e. The minimum absolute atomic E-state index is 0.424. The van der Waals surface area contributed by atoms with E-state index in [1.54, 1.807) is 24.3 Å². The highest BCUT2D eigenvalue weighted by Crippen LogP contribution is 2.13. The minimum Gasteiger partial charge on any atom is -0.748 e. The van der Waals surface area contributed by atoms with Gasteiger partial charge in [0.15, 0.2) is 0 Å². The molecule has 0 N–H and O–H groups in total. The molecule has 0 aliphatic heterocycles. The molecule has 0 unspecified atom stereocenters. The van der Waals surface area contributed by atoms with Gasteiger partial charge in [0.25, 0.3) is 0 Å². The van der Waals surface area contributed by atoms with E-state index in [-0.39, 0.29) is 0 Å². The summed E-state index contributed by atoms with van der Waals surface area (Å²) >= 11 is 2.00. The molecule has 0 bridgehead atoms. The fraction of sp³-hybridized carbons (Fsp3) is 0.143. The molecule has 3 nitrogen and oxygen atoms in total. The van der Waals surface area contributed by atoms with Crippen molar-refractivity contribution in [3.8, 4) is 0 Å². The summed E-state index contributed by atoms with van der Waals surface area (Å²) in [5, 5.41) is 0. The summed E-state index contributed by atoms with van der Waals surface area (Å²) < 4.78 is 32.0. The third-order valence-electron chi connectivity index (χ3n) is 1.29. The Labute approximate surface area is 84.7 Å². The van der Waals surface area contributed by atoms with Crippen LogP contribution in [0.1, 0.15) is 5.56 Å². The maximum atomic E-state index is 10.4. The van der Waals surface area contributed by atoms with Crippen LogP contribution in [0.2, 0.25) is 0 Å². The van der Waals surface area contributed by atoms with Crippen molar-refractivity contribution in [1.82, 2.24) is 0 Å². The fourth-order valence-electron chi connectivity index (χ4n) is 0.806. The lowest BCUT2D eigenvalue weighted by atomic mass is 10.2. The highest BCUT2D eigenvalue weighted by atomic mass is 127. The van der Waals surface area contributed by atoms with Crippen molar-refractivity contribution in [2.24, 2.45) is 0 Å². The number of rotatable bonds is 2. The Bertz CT molecular complexity index is 372. The largest absolute Gasteiger partial charge is 0.748 e. The molecular formula is C7H6IO3S-. The molecule has 5 heteroatoms. The first-order chi connectivity index (χ1) is 5.49. The van der Waals surface area contributed by atoms with E-state index in [9.17, 15) is 13.0 Å². The Balaban J connectivity index is 2.98. The highest BCUT2D eigenvalue weighted by molar-refractivity contribution is 14.1. The summed E-state index contributed by atoms with van der Waals surface area (Å²) in [4.78, 5) is 0. The highest BCUT2D eigenvalue weighted by Gasteiger charge is 2.01. The van der Waals surface area contributed by atoms with Crippen molar-refractivity contribution in [1.29, 1.82) is 0 Å². The third-order valence-corrected chi connectivity index (χ3v) is 3.01. The first-order valence-electron chi connectivity index (χ1n) is 3.16. The lowest BCUT2D eigenvalue weighted by Crippen LogP contribution is -2.03. The number of hydrogen-bond acceptors (Lipinski definition) is 3. The maximum absolute atomic E-state index is 10.4. The molecule has 0 amide bonds. The van der Waals surface area contributed by atoms with Crippen molar-refractivity contribution < 1.29 is 13.0 Å². The van der Waals surface area contributed by atoms with E-state index >= 15 is 0 Å². The molecule has 0 radical (unpaired) electrons. The van der Waals surface area contributed by atoms with Crippen molar-refractivity contribution in [3.63, 3.8) is 0 Å². The zero-order valence-electron chi connectivity index (χ0n) is 6.03. The van der Waals surface area contributed by atoms with E-state index in [1.807, 2.05) is 22.6 Å². The van der Waals surface area contributed by atoms with E-state index in [0.29, 0.717) is 5.56 Å². The molecule has 0 aliphatic carbocycles. The van der Waals surface area contributed by atoms with Crippen LogP contribution in [0.15, 0.2) is 24.3 Å². The first-order valence-corrected chi connectivity index (χ1v) is 5.81. The Morgan fingerprint density at radius 3 is 2.42 bits per heavy atom. The summed E-state index contributed by atoms with van der Waals surface area (Å²) in [5.41, 5.74) is 0.563. The molecule has 1 aromatic rings. The van der Waals surface area contributed by atoms with Crippen LogP contribution in [0, 0.1) is 3.57 Å². The van der Waals surface area contributed by atoms with Crippen molar-refractivity contribution in [2.75, 3.05) is 0 Å². The van der Waals surface area contributed by atoms with Gasteiger partial charge in [-0.3, -0.25) is 0 Å². The van der Waals surface area contributed by atoms with E-state index in [0.717, 1.165) is 3.57 Å². The van der Waals surface area contributed by atoms with Crippen molar-refractivity contribution in [3.05, 3.63) is 33.4 Å². The van der Waals surface area contributed by atoms with Gasteiger partial charge in [-0.15, -0.1) is 0 Å². The molecule has 0 spiro atoms. The average Bonchev–Trinajstić information content (AvgIpc) is 1.91. The van der Waals surface area contributed by atoms with Gasteiger partial charge in [0.1, 0.15) is 0 Å². The zero-order valence-corrected chi connectivity index (χ0v) is 9.00. The molecular weight excluding hydrogens is 291 g/mol. The normalized spacial score (nSPS) is 11.5. The summed E-state index contributed by atoms with van der Waals surface area (Å²) in [6.45, 7) is 0. The van der Waals surface area contributed by atoms with Gasteiger partial charge in [-0.1, -0.05) is 18.2 Å². The van der Waals surface area contributed by atoms with Gasteiger partial charge in [0.05, 0.1) is 15.9 Å². The SMILES string of the molecule is O=S(=O)([O-])Cc1ccccc1I. The summed E-state index contributed by atoms with van der Waals surface area (Å²) in [7, 11) is -4.15. The Kier molecular flexibility index (Phi) is 3.08. The molecule has 1 aromatic carbocycles. The second kappa shape index (κ2) is 3.71. The molecule has 0 fully saturated rings. The Hall–Kier alpha value is -0.140. The van der Waals surface area contributed by atoms with Crippen LogP contribution in [-0.4, -0.2) is 13.0 Å². The summed E-state index contributed by atoms with van der Waals surface area (Å²) in [5.74, 6) is -0.424. The fourth-order valence-corrected chi connectivity index (χ4v) is 2.28. The van der Waals surface area contributed by atoms with Crippen LogP contribution in [0.25, 0.3) is 0 Å². The third kappa shape index (κ3) is 3.08. The molecule has 0 atom stereocenters. The number of hydrogen-bond donors (Lipinski definition) is 0. The van der Waals surface area contributed by atoms with Crippen LogP contribution < -0.4 is 0 Å². The predicted octanol–water partition coefficient (Wildman–Crippen LogP) is 1.34. The number of halogens is 1. The molecule has 12 heavy (non-hydrogen) atoms. The van der Waals surface area contributed by atoms with Crippen molar-refractivity contribution >= 4 is 32.7 Å². The van der Waals surface area contributed by atoms with Gasteiger partial charge in [-0.2, -0.15) is 0 Å². The number of benzene rings is 1. The molecule has 0 saturated heterocycles. The molecule has 66 valence electrons. The molecule has 1 rings (SSSR count). The molecule has 0 aliphatic rings. The second-order valence-corrected chi connectivity index (χ2v) is 4.86. The van der Waals surface area contributed by atoms with Gasteiger partial charge in [0, 0.05) is 3.57 Å².